The van der Waals surface area contributed by atoms with Gasteiger partial charge < -0.3 is 15.0 Å². The van der Waals surface area contributed by atoms with Gasteiger partial charge >= 0.3 is 0 Å². The molecule has 1 heterocycles. The van der Waals surface area contributed by atoms with Crippen molar-refractivity contribution < 1.29 is 4.74 Å². The van der Waals surface area contributed by atoms with E-state index >= 15 is 0 Å². The molecule has 0 saturated carbocycles. The lowest BCUT2D eigenvalue weighted by Gasteiger charge is -2.30. The highest BCUT2D eigenvalue weighted by atomic mass is 16.5. The van der Waals surface area contributed by atoms with Gasteiger partial charge in [-0.3, -0.25) is 0 Å². The first kappa shape index (κ1) is 14.2. The molecule has 0 bridgehead atoms. The van der Waals surface area contributed by atoms with Gasteiger partial charge in [-0.2, -0.15) is 0 Å². The van der Waals surface area contributed by atoms with Crippen LogP contribution < -0.4 is 15.0 Å². The summed E-state index contributed by atoms with van der Waals surface area (Å²) in [7, 11) is 3.94. The third kappa shape index (κ3) is 3.41. The maximum atomic E-state index is 5.56. The summed E-state index contributed by atoms with van der Waals surface area (Å²) in [6.07, 6.45) is 2.55. The second-order valence-electron chi connectivity index (χ2n) is 5.71. The highest BCUT2D eigenvalue weighted by Gasteiger charge is 2.18. The molecule has 19 heavy (non-hydrogen) atoms. The van der Waals surface area contributed by atoms with Crippen molar-refractivity contribution >= 4 is 5.69 Å². The van der Waals surface area contributed by atoms with E-state index in [1.807, 2.05) is 0 Å². The summed E-state index contributed by atoms with van der Waals surface area (Å²) in [4.78, 5) is 2.36. The van der Waals surface area contributed by atoms with E-state index in [0.29, 0.717) is 0 Å². The highest BCUT2D eigenvalue weighted by Crippen LogP contribution is 2.33. The first-order valence-electron chi connectivity index (χ1n) is 7.19. The molecular formula is C16H26N2O. The maximum absolute atomic E-state index is 5.56. The summed E-state index contributed by atoms with van der Waals surface area (Å²) in [5, 5.41) is 3.43. The van der Waals surface area contributed by atoms with E-state index in [0.717, 1.165) is 31.3 Å². The Morgan fingerprint density at radius 2 is 1.95 bits per heavy atom. The molecule has 0 unspecified atom stereocenters. The van der Waals surface area contributed by atoms with Crippen LogP contribution in [0, 0.1) is 19.8 Å². The lowest BCUT2D eigenvalue weighted by atomic mass is 9.97. The van der Waals surface area contributed by atoms with Crippen molar-refractivity contribution in [1.82, 2.24) is 5.32 Å². The summed E-state index contributed by atoms with van der Waals surface area (Å²) in [6, 6.07) is 4.36. The van der Waals surface area contributed by atoms with E-state index in [2.05, 4.69) is 43.2 Å². The lowest BCUT2D eigenvalue weighted by molar-refractivity contribution is 0.374. The van der Waals surface area contributed by atoms with Crippen molar-refractivity contribution in [3.63, 3.8) is 0 Å². The van der Waals surface area contributed by atoms with Gasteiger partial charge in [0.05, 0.1) is 12.8 Å². The first-order valence-corrected chi connectivity index (χ1v) is 7.19. The fourth-order valence-electron chi connectivity index (χ4n) is 3.11. The lowest BCUT2D eigenvalue weighted by Crippen LogP contribution is -2.34. The molecule has 0 aliphatic carbocycles. The Balaban J connectivity index is 2.15. The smallest absolute Gasteiger partial charge is 0.142 e. The van der Waals surface area contributed by atoms with E-state index in [-0.39, 0.29) is 0 Å². The minimum Gasteiger partial charge on any atom is -0.495 e. The van der Waals surface area contributed by atoms with Crippen LogP contribution in [0.5, 0.6) is 5.75 Å². The van der Waals surface area contributed by atoms with Crippen LogP contribution in [0.15, 0.2) is 12.1 Å². The Kier molecular flexibility index (Phi) is 4.70. The Labute approximate surface area is 116 Å². The third-order valence-corrected chi connectivity index (χ3v) is 4.00. The number of nitrogens with one attached hydrogen (secondary N) is 1. The van der Waals surface area contributed by atoms with E-state index < -0.39 is 0 Å². The second-order valence-corrected chi connectivity index (χ2v) is 5.71. The van der Waals surface area contributed by atoms with Crippen LogP contribution in [0.3, 0.4) is 0 Å². The standard InChI is InChI=1S/C16H26N2O/c1-12-9-13(2)16(15(10-12)19-4)18(3)11-14-5-7-17-8-6-14/h9-10,14,17H,5-8,11H2,1-4H3. The van der Waals surface area contributed by atoms with Crippen LogP contribution in [0.2, 0.25) is 0 Å². The Morgan fingerprint density at radius 1 is 1.26 bits per heavy atom. The highest BCUT2D eigenvalue weighted by molar-refractivity contribution is 5.64. The molecule has 3 heteroatoms. The molecule has 0 radical (unpaired) electrons. The van der Waals surface area contributed by atoms with E-state index in [1.54, 1.807) is 7.11 Å². The number of anilines is 1. The molecule has 1 aromatic carbocycles. The number of nitrogens with zero attached hydrogens (tertiary/aromatic N) is 1. The molecule has 0 atom stereocenters. The maximum Gasteiger partial charge on any atom is 0.142 e. The van der Waals surface area contributed by atoms with Gasteiger partial charge in [-0.1, -0.05) is 6.07 Å². The van der Waals surface area contributed by atoms with Gasteiger partial charge in [-0.05, 0) is 62.9 Å². The van der Waals surface area contributed by atoms with Crippen molar-refractivity contribution in [1.29, 1.82) is 0 Å². The Bertz CT molecular complexity index is 425. The van der Waals surface area contributed by atoms with Gasteiger partial charge in [0, 0.05) is 13.6 Å². The summed E-state index contributed by atoms with van der Waals surface area (Å²) >= 11 is 0. The largest absolute Gasteiger partial charge is 0.495 e. The molecular weight excluding hydrogens is 236 g/mol. The van der Waals surface area contributed by atoms with Crippen LogP contribution >= 0.6 is 0 Å². The van der Waals surface area contributed by atoms with E-state index in [4.69, 9.17) is 4.74 Å². The number of methoxy groups -OCH3 is 1. The van der Waals surface area contributed by atoms with Crippen LogP contribution in [0.4, 0.5) is 5.69 Å². The molecule has 3 nitrogen and oxygen atoms in total. The molecule has 0 aromatic heterocycles. The summed E-state index contributed by atoms with van der Waals surface area (Å²) in [6.45, 7) is 7.71. The normalized spacial score (nSPS) is 16.4. The summed E-state index contributed by atoms with van der Waals surface area (Å²) in [5.74, 6) is 1.78. The molecule has 1 aliphatic heterocycles. The van der Waals surface area contributed by atoms with Gasteiger partial charge in [-0.25, -0.2) is 0 Å². The van der Waals surface area contributed by atoms with E-state index in [9.17, 15) is 0 Å². The molecule has 2 rings (SSSR count). The number of ether oxygens (including phenoxy) is 1. The predicted octanol–water partition coefficient (Wildman–Crippen LogP) is 2.75. The van der Waals surface area contributed by atoms with Gasteiger partial charge in [0.2, 0.25) is 0 Å². The fraction of sp³-hybridized carbons (Fsp3) is 0.625. The fourth-order valence-corrected chi connectivity index (χ4v) is 3.11. The second kappa shape index (κ2) is 6.29. The minimum absolute atomic E-state index is 0.789. The van der Waals surface area contributed by atoms with Gasteiger partial charge in [0.1, 0.15) is 5.75 Å². The molecule has 1 fully saturated rings. The zero-order valence-electron chi connectivity index (χ0n) is 12.6. The topological polar surface area (TPSA) is 24.5 Å². The zero-order chi connectivity index (χ0) is 13.8. The summed E-state index contributed by atoms with van der Waals surface area (Å²) < 4.78 is 5.56. The average Bonchev–Trinajstić information content (AvgIpc) is 2.38. The van der Waals surface area contributed by atoms with Crippen LogP contribution in [-0.4, -0.2) is 33.8 Å². The number of rotatable bonds is 4. The quantitative estimate of drug-likeness (QED) is 0.903. The predicted molar refractivity (Wildman–Crippen MR) is 81.3 cm³/mol. The van der Waals surface area contributed by atoms with Crippen LogP contribution in [0.1, 0.15) is 24.0 Å². The minimum atomic E-state index is 0.789. The third-order valence-electron chi connectivity index (χ3n) is 4.00. The van der Waals surface area contributed by atoms with E-state index in [1.165, 1.54) is 29.7 Å². The van der Waals surface area contributed by atoms with Crippen molar-refractivity contribution in [3.8, 4) is 5.75 Å². The number of piperidine rings is 1. The summed E-state index contributed by atoms with van der Waals surface area (Å²) in [5.41, 5.74) is 3.80. The SMILES string of the molecule is COc1cc(C)cc(C)c1N(C)CC1CCNCC1. The molecule has 1 saturated heterocycles. The van der Waals surface area contributed by atoms with Crippen molar-refractivity contribution in [2.24, 2.45) is 5.92 Å². The number of aryl methyl sites for hydroxylation is 2. The van der Waals surface area contributed by atoms with Crippen molar-refractivity contribution in [2.75, 3.05) is 38.7 Å². The van der Waals surface area contributed by atoms with Crippen LogP contribution in [-0.2, 0) is 0 Å². The van der Waals surface area contributed by atoms with Crippen LogP contribution in [0.25, 0.3) is 0 Å². The number of hydrogen-bond acceptors (Lipinski definition) is 3. The average molecular weight is 262 g/mol. The van der Waals surface area contributed by atoms with Gasteiger partial charge in [0.15, 0.2) is 0 Å². The number of benzene rings is 1. The molecule has 106 valence electrons. The Morgan fingerprint density at radius 3 is 2.58 bits per heavy atom. The van der Waals surface area contributed by atoms with Crippen molar-refractivity contribution in [2.45, 2.75) is 26.7 Å². The molecule has 0 spiro atoms. The van der Waals surface area contributed by atoms with Gasteiger partial charge in [-0.15, -0.1) is 0 Å². The molecule has 1 aromatic rings. The molecule has 1 aliphatic rings. The first-order chi connectivity index (χ1) is 9.11. The Hall–Kier alpha value is -1.22. The monoisotopic (exact) mass is 262 g/mol. The van der Waals surface area contributed by atoms with Crippen molar-refractivity contribution in [3.05, 3.63) is 23.3 Å². The molecule has 0 amide bonds. The number of hydrogen-bond donors (Lipinski definition) is 1. The van der Waals surface area contributed by atoms with Gasteiger partial charge in [0.25, 0.3) is 0 Å². The zero-order valence-corrected chi connectivity index (χ0v) is 12.6. The molecule has 1 N–H and O–H groups in total.